The first kappa shape index (κ1) is 24.8. The molecule has 27 heavy (non-hydrogen) atoms. The summed E-state index contributed by atoms with van der Waals surface area (Å²) in [6.07, 6.45) is 25.1. The molecule has 3 N–H and O–H groups in total. The normalized spacial score (nSPS) is 15.4. The van der Waals surface area contributed by atoms with Crippen molar-refractivity contribution in [1.82, 2.24) is 0 Å². The minimum atomic E-state index is -0.920. The van der Waals surface area contributed by atoms with E-state index in [0.29, 0.717) is 6.42 Å². The van der Waals surface area contributed by atoms with Crippen LogP contribution in [0, 0.1) is 0 Å². The quantitative estimate of drug-likeness (QED) is 0.162. The molecule has 0 amide bonds. The third-order valence-electron chi connectivity index (χ3n) is 3.42. The van der Waals surface area contributed by atoms with Crippen LogP contribution in [0.15, 0.2) is 72.9 Å². The number of rotatable bonds is 15. The Labute approximate surface area is 162 Å². The molecule has 0 fully saturated rings. The van der Waals surface area contributed by atoms with E-state index in [2.05, 4.69) is 11.8 Å². The molecule has 150 valence electrons. The van der Waals surface area contributed by atoms with Crippen LogP contribution in [0.4, 0.5) is 0 Å². The second kappa shape index (κ2) is 18.6. The highest BCUT2D eigenvalue weighted by molar-refractivity contribution is 5.66. The number of carboxylic acids is 1. The molecular formula is C22H32O5. The molecule has 5 nitrogen and oxygen atoms in total. The van der Waals surface area contributed by atoms with E-state index in [-0.39, 0.29) is 12.8 Å². The number of carboxylic acid groups (broad SMARTS) is 1. The van der Waals surface area contributed by atoms with Gasteiger partial charge in [-0.05, 0) is 32.1 Å². The zero-order valence-electron chi connectivity index (χ0n) is 16.0. The molecule has 0 aliphatic heterocycles. The summed E-state index contributed by atoms with van der Waals surface area (Å²) >= 11 is 0. The van der Waals surface area contributed by atoms with Crippen molar-refractivity contribution < 1.29 is 25.2 Å². The van der Waals surface area contributed by atoms with E-state index >= 15 is 0 Å². The first-order valence-corrected chi connectivity index (χ1v) is 9.26. The molecule has 0 spiro atoms. The van der Waals surface area contributed by atoms with Crippen LogP contribution in [0.3, 0.4) is 0 Å². The van der Waals surface area contributed by atoms with Crippen LogP contribution >= 0.6 is 0 Å². The van der Waals surface area contributed by atoms with Crippen molar-refractivity contribution in [3.63, 3.8) is 0 Å². The fourth-order valence-electron chi connectivity index (χ4n) is 1.98. The Bertz CT molecular complexity index is 541. The number of aliphatic carboxylic acids is 1. The lowest BCUT2D eigenvalue weighted by atomic mass is 10.2. The summed E-state index contributed by atoms with van der Waals surface area (Å²) in [4.78, 5) is 14.7. The van der Waals surface area contributed by atoms with Crippen molar-refractivity contribution in [2.24, 2.45) is 0 Å². The number of hydrogen-bond donors (Lipinski definition) is 3. The zero-order valence-corrected chi connectivity index (χ0v) is 16.0. The molecule has 5 heteroatoms. The molecular weight excluding hydrogens is 344 g/mol. The van der Waals surface area contributed by atoms with Gasteiger partial charge in [0.25, 0.3) is 0 Å². The smallest absolute Gasteiger partial charge is 0.303 e. The van der Waals surface area contributed by atoms with Crippen molar-refractivity contribution >= 4 is 5.97 Å². The van der Waals surface area contributed by atoms with Crippen LogP contribution in [-0.4, -0.2) is 33.6 Å². The zero-order chi connectivity index (χ0) is 20.2. The molecule has 0 aliphatic rings. The lowest BCUT2D eigenvalue weighted by molar-refractivity contribution is -0.267. The maximum atomic E-state index is 10.5. The van der Waals surface area contributed by atoms with Crippen molar-refractivity contribution in [3.8, 4) is 0 Å². The Morgan fingerprint density at radius 1 is 0.926 bits per heavy atom. The molecule has 0 saturated heterocycles. The monoisotopic (exact) mass is 376 g/mol. The second-order valence-electron chi connectivity index (χ2n) is 5.83. The Morgan fingerprint density at radius 3 is 2.11 bits per heavy atom. The highest BCUT2D eigenvalue weighted by Crippen LogP contribution is 2.03. The van der Waals surface area contributed by atoms with Crippen molar-refractivity contribution in [3.05, 3.63) is 72.9 Å². The third kappa shape index (κ3) is 18.4. The third-order valence-corrected chi connectivity index (χ3v) is 3.42. The van der Waals surface area contributed by atoms with Crippen LogP contribution in [-0.2, 0) is 9.68 Å². The number of aliphatic hydroxyl groups is 1. The average molecular weight is 376 g/mol. The molecule has 0 saturated carbocycles. The van der Waals surface area contributed by atoms with Gasteiger partial charge in [0, 0.05) is 6.42 Å². The van der Waals surface area contributed by atoms with E-state index in [0.717, 1.165) is 19.3 Å². The number of carbonyl (C=O) groups is 1. The van der Waals surface area contributed by atoms with E-state index in [1.165, 1.54) is 0 Å². The standard InChI is InChI=1S/C22H32O5/c1-2-3-12-15-20(23)16-13-10-8-6-4-5-7-9-11-14-17-21(27-26)18-19-22(24)25/h3-5,8-14,16-17,20-21,23,26H,2,6-7,15,18-19H2,1H3,(H,24,25)/b5-4-,10-8-,11-9-,12-3-,16-13+,17-14+/t20-,21-/m1/s1. The predicted octanol–water partition coefficient (Wildman–Crippen LogP) is 4.99. The number of hydrogen-bond acceptors (Lipinski definition) is 4. The average Bonchev–Trinajstić information content (AvgIpc) is 2.65. The molecule has 0 radical (unpaired) electrons. The summed E-state index contributed by atoms with van der Waals surface area (Å²) < 4.78 is 0. The van der Waals surface area contributed by atoms with Crippen LogP contribution in [0.2, 0.25) is 0 Å². The highest BCUT2D eigenvalue weighted by Gasteiger charge is 2.06. The topological polar surface area (TPSA) is 87.0 Å². The molecule has 0 aromatic rings. The molecule has 0 unspecified atom stereocenters. The summed E-state index contributed by atoms with van der Waals surface area (Å²) in [6.45, 7) is 2.06. The van der Waals surface area contributed by atoms with Gasteiger partial charge in [0.05, 0.1) is 6.10 Å². The minimum absolute atomic E-state index is 0.0560. The highest BCUT2D eigenvalue weighted by atomic mass is 17.1. The molecule has 0 rings (SSSR count). The lowest BCUT2D eigenvalue weighted by Gasteiger charge is -2.05. The Kier molecular flexibility index (Phi) is 17.1. The van der Waals surface area contributed by atoms with Gasteiger partial charge in [0.15, 0.2) is 0 Å². The molecule has 0 bridgehead atoms. The summed E-state index contributed by atoms with van der Waals surface area (Å²) in [5.74, 6) is -0.920. The van der Waals surface area contributed by atoms with E-state index in [1.54, 1.807) is 18.2 Å². The summed E-state index contributed by atoms with van der Waals surface area (Å²) in [5.41, 5.74) is 0. The van der Waals surface area contributed by atoms with Gasteiger partial charge in [0.2, 0.25) is 0 Å². The molecule has 0 heterocycles. The lowest BCUT2D eigenvalue weighted by Crippen LogP contribution is -2.09. The largest absolute Gasteiger partial charge is 0.481 e. The van der Waals surface area contributed by atoms with Crippen LogP contribution in [0.25, 0.3) is 0 Å². The Hall–Kier alpha value is -2.21. The van der Waals surface area contributed by atoms with E-state index in [4.69, 9.17) is 10.4 Å². The summed E-state index contributed by atoms with van der Waals surface area (Å²) in [5, 5.41) is 26.9. The van der Waals surface area contributed by atoms with E-state index in [9.17, 15) is 9.90 Å². The molecule has 0 aromatic heterocycles. The fourth-order valence-corrected chi connectivity index (χ4v) is 1.98. The number of allylic oxidation sites excluding steroid dienone is 9. The van der Waals surface area contributed by atoms with Gasteiger partial charge >= 0.3 is 5.97 Å². The summed E-state index contributed by atoms with van der Waals surface area (Å²) in [7, 11) is 0. The van der Waals surface area contributed by atoms with Gasteiger partial charge in [-0.15, -0.1) is 0 Å². The minimum Gasteiger partial charge on any atom is -0.481 e. The molecule has 2 atom stereocenters. The molecule has 0 aromatic carbocycles. The van der Waals surface area contributed by atoms with Crippen LogP contribution < -0.4 is 0 Å². The van der Waals surface area contributed by atoms with E-state index < -0.39 is 18.2 Å². The predicted molar refractivity (Wildman–Crippen MR) is 109 cm³/mol. The van der Waals surface area contributed by atoms with Gasteiger partial charge in [-0.25, -0.2) is 4.89 Å². The maximum absolute atomic E-state index is 10.5. The second-order valence-corrected chi connectivity index (χ2v) is 5.83. The van der Waals surface area contributed by atoms with Crippen molar-refractivity contribution in [2.45, 2.75) is 57.7 Å². The number of aliphatic hydroxyl groups excluding tert-OH is 1. The van der Waals surface area contributed by atoms with Crippen LogP contribution in [0.5, 0.6) is 0 Å². The van der Waals surface area contributed by atoms with Gasteiger partial charge in [-0.1, -0.05) is 79.8 Å². The SMILES string of the molecule is CC/C=C\C[C@@H](O)/C=C/C=C\C/C=C\C/C=C\C=C\[C@H](CCC(=O)O)OO. The van der Waals surface area contributed by atoms with Gasteiger partial charge in [-0.2, -0.15) is 0 Å². The summed E-state index contributed by atoms with van der Waals surface area (Å²) in [6, 6.07) is 0. The Balaban J connectivity index is 3.90. The van der Waals surface area contributed by atoms with Crippen LogP contribution in [0.1, 0.15) is 45.4 Å². The first-order valence-electron chi connectivity index (χ1n) is 9.26. The van der Waals surface area contributed by atoms with Crippen molar-refractivity contribution in [1.29, 1.82) is 0 Å². The first-order chi connectivity index (χ1) is 13.1. The van der Waals surface area contributed by atoms with Gasteiger partial charge in [0.1, 0.15) is 6.10 Å². The van der Waals surface area contributed by atoms with E-state index in [1.807, 2.05) is 54.7 Å². The Morgan fingerprint density at radius 2 is 1.56 bits per heavy atom. The fraction of sp³-hybridized carbons (Fsp3) is 0.409. The molecule has 0 aliphatic carbocycles. The van der Waals surface area contributed by atoms with Gasteiger partial charge in [-0.3, -0.25) is 10.1 Å². The van der Waals surface area contributed by atoms with Gasteiger partial charge < -0.3 is 10.2 Å². The maximum Gasteiger partial charge on any atom is 0.303 e. The van der Waals surface area contributed by atoms with Crippen molar-refractivity contribution in [2.75, 3.05) is 0 Å².